The number of carbonyl (C=O) groups excluding carboxylic acids is 4. The minimum absolute atomic E-state index is 0.0733. The van der Waals surface area contributed by atoms with E-state index in [-0.39, 0.29) is 43.4 Å². The van der Waals surface area contributed by atoms with E-state index in [9.17, 15) is 27.6 Å². The molecule has 1 saturated heterocycles. The predicted molar refractivity (Wildman–Crippen MR) is 211 cm³/mol. The number of ether oxygens (including phenoxy) is 2. The van der Waals surface area contributed by atoms with Gasteiger partial charge in [0.15, 0.2) is 5.78 Å². The summed E-state index contributed by atoms with van der Waals surface area (Å²) in [6, 6.07) is 17.1. The van der Waals surface area contributed by atoms with Gasteiger partial charge in [0.25, 0.3) is 6.01 Å². The van der Waals surface area contributed by atoms with E-state index in [0.717, 1.165) is 35.9 Å². The molecule has 300 valence electrons. The lowest BCUT2D eigenvalue weighted by atomic mass is 9.90. The van der Waals surface area contributed by atoms with Crippen LogP contribution < -0.4 is 9.46 Å². The summed E-state index contributed by atoms with van der Waals surface area (Å²) in [5.41, 5.74) is 0.678. The Hall–Kier alpha value is -4.52. The third kappa shape index (κ3) is 8.57. The summed E-state index contributed by atoms with van der Waals surface area (Å²) < 4.78 is 42.1. The number of rotatable bonds is 9. The van der Waals surface area contributed by atoms with Gasteiger partial charge in [0.1, 0.15) is 11.7 Å². The highest BCUT2D eigenvalue weighted by Gasteiger charge is 2.62. The van der Waals surface area contributed by atoms with Crippen LogP contribution in [0.4, 0.5) is 0 Å². The first-order valence-electron chi connectivity index (χ1n) is 20.0. The Labute approximate surface area is 329 Å². The zero-order valence-corrected chi connectivity index (χ0v) is 33.7. The van der Waals surface area contributed by atoms with Crippen molar-refractivity contribution in [2.75, 3.05) is 6.54 Å². The summed E-state index contributed by atoms with van der Waals surface area (Å²) in [6.07, 6.45) is 7.94. The molecule has 2 amide bonds. The van der Waals surface area contributed by atoms with E-state index in [0.29, 0.717) is 44.7 Å². The minimum atomic E-state index is -3.94. The first kappa shape index (κ1) is 39.7. The van der Waals surface area contributed by atoms with Gasteiger partial charge >= 0.3 is 5.97 Å². The average molecular weight is 787 g/mol. The number of hydrogen-bond acceptors (Lipinski definition) is 9. The van der Waals surface area contributed by atoms with Crippen molar-refractivity contribution in [3.05, 3.63) is 72.3 Å². The molecule has 7 rings (SSSR count). The maximum absolute atomic E-state index is 14.7. The fourth-order valence-corrected chi connectivity index (χ4v) is 9.55. The lowest BCUT2D eigenvalue weighted by Crippen LogP contribution is -2.47. The Morgan fingerprint density at radius 2 is 1.73 bits per heavy atom. The Morgan fingerprint density at radius 1 is 1.00 bits per heavy atom. The highest BCUT2D eigenvalue weighted by atomic mass is 32.2. The summed E-state index contributed by atoms with van der Waals surface area (Å²) in [7, 11) is -3.94. The van der Waals surface area contributed by atoms with E-state index in [1.54, 1.807) is 27.7 Å². The highest BCUT2D eigenvalue weighted by molar-refractivity contribution is 7.91. The van der Waals surface area contributed by atoms with E-state index in [4.69, 9.17) is 14.5 Å². The van der Waals surface area contributed by atoms with Crippen molar-refractivity contribution in [3.63, 3.8) is 0 Å². The number of Topliss-reactive ketones (excluding diaryl/α,β-unsaturated/α-hetero) is 1. The van der Waals surface area contributed by atoms with Gasteiger partial charge < -0.3 is 14.4 Å². The van der Waals surface area contributed by atoms with Crippen molar-refractivity contribution in [2.45, 2.75) is 127 Å². The Bertz CT molecular complexity index is 2120. The lowest BCUT2D eigenvalue weighted by Gasteiger charge is -2.29. The van der Waals surface area contributed by atoms with Crippen LogP contribution in [-0.2, 0) is 40.5 Å². The van der Waals surface area contributed by atoms with Gasteiger partial charge in [-0.1, -0.05) is 67.5 Å². The van der Waals surface area contributed by atoms with E-state index < -0.39 is 55.7 Å². The number of sulfonamides is 1. The van der Waals surface area contributed by atoms with Crippen molar-refractivity contribution in [1.82, 2.24) is 19.2 Å². The molecule has 4 aliphatic rings. The van der Waals surface area contributed by atoms with Gasteiger partial charge in [0, 0.05) is 18.8 Å². The molecule has 2 aromatic carbocycles. The second-order valence-electron chi connectivity index (χ2n) is 17.5. The number of nitrogens with zero attached hydrogens (tertiary/aromatic N) is 3. The van der Waals surface area contributed by atoms with Gasteiger partial charge in [-0.3, -0.25) is 28.5 Å². The number of amides is 2. The average Bonchev–Trinajstić information content (AvgIpc) is 3.97. The van der Waals surface area contributed by atoms with E-state index in [1.165, 1.54) is 4.90 Å². The molecule has 12 nitrogen and oxygen atoms in total. The molecule has 3 heterocycles. The quantitative estimate of drug-likeness (QED) is 0.196. The van der Waals surface area contributed by atoms with Crippen molar-refractivity contribution >= 4 is 44.6 Å². The number of carbonyl (C=O) groups is 4. The van der Waals surface area contributed by atoms with Crippen LogP contribution in [0.3, 0.4) is 0 Å². The zero-order valence-electron chi connectivity index (χ0n) is 32.9. The molecular weight excluding hydrogens is 733 g/mol. The maximum Gasteiger partial charge on any atom is 0.307 e. The molecule has 1 N–H and O–H groups in total. The number of fused-ring (bicyclic) bond motifs is 3. The predicted octanol–water partition coefficient (Wildman–Crippen LogP) is 6.27. The van der Waals surface area contributed by atoms with Gasteiger partial charge in [-0.05, 0) is 89.8 Å². The van der Waals surface area contributed by atoms with Crippen molar-refractivity contribution in [3.8, 4) is 6.01 Å². The number of imidazole rings is 1. The van der Waals surface area contributed by atoms with Crippen LogP contribution in [0.1, 0.15) is 104 Å². The normalized spacial score (nSPS) is 27.3. The number of aromatic nitrogens is 2. The van der Waals surface area contributed by atoms with Gasteiger partial charge in [0.2, 0.25) is 21.8 Å². The standard InChI is InChI=1S/C43H54N4O8S/c1-41(2,3)55-37(49)23-30-17-11-6-5-7-12-18-31-25-43(31,39(51)45-56(52,53)42(4)21-22-42)26-36(48)35-24-32(28-46(35)38(30)50)54-40-44-33-19-13-14-20-34(33)47(40)27-29-15-9-8-10-16-29/h8-10,12-16,18-20,30-32,35H,5-7,11,17,21-28H2,1-4H3,(H,45,51)/b18-12-/t30-,31+,32-,35+,43-/m1/s1. The van der Waals surface area contributed by atoms with Gasteiger partial charge in [0.05, 0.1) is 46.7 Å². The van der Waals surface area contributed by atoms with Crippen molar-refractivity contribution < 1.29 is 37.1 Å². The van der Waals surface area contributed by atoms with Crippen LogP contribution in [0.15, 0.2) is 66.7 Å². The molecule has 0 unspecified atom stereocenters. The summed E-state index contributed by atoms with van der Waals surface area (Å²) >= 11 is 0. The SMILES string of the molecule is CC(C)(C)OC(=O)C[C@H]1CCCCC/C=C\[C@H]2C[C@@]2(C(=O)NS(=O)(=O)C2(C)CC2)CC(=O)[C@@H]2C[C@@H](Oc3nc4ccccc4n3Cc3ccccc3)CN2C1=O. The van der Waals surface area contributed by atoms with Gasteiger partial charge in [-0.15, -0.1) is 0 Å². The summed E-state index contributed by atoms with van der Waals surface area (Å²) in [6.45, 7) is 7.53. The van der Waals surface area contributed by atoms with Crippen LogP contribution in [0, 0.1) is 17.3 Å². The monoisotopic (exact) mass is 786 g/mol. The number of para-hydroxylation sites is 2. The van der Waals surface area contributed by atoms with Gasteiger partial charge in [-0.25, -0.2) is 8.42 Å². The van der Waals surface area contributed by atoms with Gasteiger partial charge in [-0.2, -0.15) is 4.98 Å². The molecule has 0 radical (unpaired) electrons. The Morgan fingerprint density at radius 3 is 2.46 bits per heavy atom. The minimum Gasteiger partial charge on any atom is -0.460 e. The fourth-order valence-electron chi connectivity index (χ4n) is 8.22. The van der Waals surface area contributed by atoms with Crippen LogP contribution in [0.25, 0.3) is 11.0 Å². The highest BCUT2D eigenvalue weighted by Crippen LogP contribution is 2.57. The molecule has 13 heteroatoms. The second kappa shape index (κ2) is 15.4. The molecular formula is C43H54N4O8S. The zero-order chi connectivity index (χ0) is 39.9. The number of esters is 1. The second-order valence-corrected chi connectivity index (χ2v) is 19.7. The third-order valence-corrected chi connectivity index (χ3v) is 14.0. The third-order valence-electron chi connectivity index (χ3n) is 11.9. The number of allylic oxidation sites excluding steroid dienone is 2. The first-order valence-corrected chi connectivity index (χ1v) is 21.5. The molecule has 0 spiro atoms. The Kier molecular flexibility index (Phi) is 10.9. The van der Waals surface area contributed by atoms with E-state index in [1.807, 2.05) is 71.3 Å². The number of ketones is 1. The largest absolute Gasteiger partial charge is 0.460 e. The van der Waals surface area contributed by atoms with E-state index >= 15 is 0 Å². The van der Waals surface area contributed by atoms with E-state index in [2.05, 4.69) is 4.72 Å². The van der Waals surface area contributed by atoms with Crippen molar-refractivity contribution in [1.29, 1.82) is 0 Å². The van der Waals surface area contributed by atoms with Crippen LogP contribution >= 0.6 is 0 Å². The van der Waals surface area contributed by atoms with Crippen LogP contribution in [0.2, 0.25) is 0 Å². The first-order chi connectivity index (χ1) is 26.6. The molecule has 2 aliphatic heterocycles. The van der Waals surface area contributed by atoms with Crippen LogP contribution in [-0.4, -0.2) is 75.5 Å². The summed E-state index contributed by atoms with van der Waals surface area (Å²) in [5, 5.41) is 0. The number of nitrogens with one attached hydrogen (secondary N) is 1. The molecule has 1 aromatic heterocycles. The summed E-state index contributed by atoms with van der Waals surface area (Å²) in [4.78, 5) is 62.8. The number of hydrogen-bond donors (Lipinski definition) is 1. The number of benzene rings is 2. The molecule has 2 aliphatic carbocycles. The molecule has 56 heavy (non-hydrogen) atoms. The lowest BCUT2D eigenvalue weighted by molar-refractivity contribution is -0.159. The molecule has 5 atom stereocenters. The summed E-state index contributed by atoms with van der Waals surface area (Å²) in [5.74, 6) is -2.86. The molecule has 3 aromatic rings. The van der Waals surface area contributed by atoms with Crippen LogP contribution in [0.5, 0.6) is 6.01 Å². The topological polar surface area (TPSA) is 154 Å². The molecule has 2 saturated carbocycles. The fraction of sp³-hybridized carbons (Fsp3) is 0.558. The molecule has 0 bridgehead atoms. The van der Waals surface area contributed by atoms with Crippen molar-refractivity contribution in [2.24, 2.45) is 17.3 Å². The molecule has 3 fully saturated rings. The smallest absolute Gasteiger partial charge is 0.307 e. The maximum atomic E-state index is 14.7. The Balaban J connectivity index is 1.20.